The van der Waals surface area contributed by atoms with Crippen LogP contribution in [0, 0.1) is 6.92 Å². The zero-order chi connectivity index (χ0) is 12.4. The van der Waals surface area contributed by atoms with E-state index in [1.807, 2.05) is 6.92 Å². The molecule has 0 saturated heterocycles. The Balaban J connectivity index is 2.24. The van der Waals surface area contributed by atoms with Crippen LogP contribution in [0.5, 0.6) is 0 Å². The molecule has 0 amide bonds. The van der Waals surface area contributed by atoms with Crippen LogP contribution in [-0.4, -0.2) is 18.1 Å². The lowest BCUT2D eigenvalue weighted by atomic mass is 9.94. The second-order valence-corrected chi connectivity index (χ2v) is 5.67. The van der Waals surface area contributed by atoms with Crippen LogP contribution in [0.4, 0.5) is 11.5 Å². The molecule has 17 heavy (non-hydrogen) atoms. The van der Waals surface area contributed by atoms with Crippen LogP contribution in [0.1, 0.15) is 37.7 Å². The number of aromatic nitrogens is 1. The summed E-state index contributed by atoms with van der Waals surface area (Å²) in [5, 5.41) is 0. The van der Waals surface area contributed by atoms with E-state index < -0.39 is 0 Å². The fourth-order valence-electron chi connectivity index (χ4n) is 2.47. The van der Waals surface area contributed by atoms with Gasteiger partial charge in [-0.05, 0) is 41.3 Å². The van der Waals surface area contributed by atoms with Crippen molar-refractivity contribution >= 4 is 27.4 Å². The highest BCUT2D eigenvalue weighted by Gasteiger charge is 2.21. The third-order valence-corrected chi connectivity index (χ3v) is 4.69. The van der Waals surface area contributed by atoms with Crippen molar-refractivity contribution in [3.8, 4) is 0 Å². The van der Waals surface area contributed by atoms with Gasteiger partial charge in [0.1, 0.15) is 5.82 Å². The summed E-state index contributed by atoms with van der Waals surface area (Å²) in [6.07, 6.45) is 8.34. The standard InChI is InChI=1S/C13H20BrN3/c1-9-11(15)8-16-13(12(9)14)17(2)10-6-4-3-5-7-10/h8,10H,3-7,15H2,1-2H3. The van der Waals surface area contributed by atoms with Gasteiger partial charge in [0.15, 0.2) is 0 Å². The zero-order valence-electron chi connectivity index (χ0n) is 10.5. The van der Waals surface area contributed by atoms with E-state index >= 15 is 0 Å². The first kappa shape index (κ1) is 12.7. The summed E-state index contributed by atoms with van der Waals surface area (Å²) < 4.78 is 1.03. The van der Waals surface area contributed by atoms with Crippen LogP contribution in [0.25, 0.3) is 0 Å². The summed E-state index contributed by atoms with van der Waals surface area (Å²) in [5.41, 5.74) is 7.69. The van der Waals surface area contributed by atoms with E-state index in [0.717, 1.165) is 21.5 Å². The molecule has 1 aromatic heterocycles. The molecule has 0 unspecified atom stereocenters. The molecule has 1 saturated carbocycles. The van der Waals surface area contributed by atoms with Crippen molar-refractivity contribution in [3.05, 3.63) is 16.2 Å². The topological polar surface area (TPSA) is 42.1 Å². The molecule has 0 bridgehead atoms. The van der Waals surface area contributed by atoms with Gasteiger partial charge >= 0.3 is 0 Å². The highest BCUT2D eigenvalue weighted by molar-refractivity contribution is 9.10. The first-order valence-electron chi connectivity index (χ1n) is 6.24. The molecule has 0 spiro atoms. The van der Waals surface area contributed by atoms with E-state index in [1.165, 1.54) is 32.1 Å². The molecule has 1 heterocycles. The van der Waals surface area contributed by atoms with Gasteiger partial charge in [-0.1, -0.05) is 19.3 Å². The molecule has 1 aliphatic rings. The maximum atomic E-state index is 5.86. The molecule has 0 aliphatic heterocycles. The number of anilines is 2. The fourth-order valence-corrected chi connectivity index (χ4v) is 3.08. The van der Waals surface area contributed by atoms with Crippen molar-refractivity contribution in [2.75, 3.05) is 17.7 Å². The summed E-state index contributed by atoms with van der Waals surface area (Å²) in [7, 11) is 2.14. The summed E-state index contributed by atoms with van der Waals surface area (Å²) in [6, 6.07) is 0.621. The Morgan fingerprint density at radius 1 is 1.35 bits per heavy atom. The summed E-state index contributed by atoms with van der Waals surface area (Å²) in [5.74, 6) is 1.02. The monoisotopic (exact) mass is 297 g/mol. The molecule has 1 fully saturated rings. The van der Waals surface area contributed by atoms with Crippen molar-refractivity contribution in [1.82, 2.24) is 4.98 Å². The van der Waals surface area contributed by atoms with Crippen LogP contribution < -0.4 is 10.6 Å². The highest BCUT2D eigenvalue weighted by Crippen LogP contribution is 2.33. The van der Waals surface area contributed by atoms with E-state index in [4.69, 9.17) is 5.73 Å². The number of halogens is 1. The van der Waals surface area contributed by atoms with Crippen molar-refractivity contribution in [1.29, 1.82) is 0 Å². The lowest BCUT2D eigenvalue weighted by molar-refractivity contribution is 0.425. The van der Waals surface area contributed by atoms with Gasteiger partial charge in [-0.3, -0.25) is 0 Å². The molecule has 2 rings (SSSR count). The Bertz CT molecular complexity index is 400. The summed E-state index contributed by atoms with van der Waals surface area (Å²) in [6.45, 7) is 2.03. The third kappa shape index (κ3) is 2.57. The van der Waals surface area contributed by atoms with Crippen molar-refractivity contribution < 1.29 is 0 Å². The Morgan fingerprint density at radius 3 is 2.65 bits per heavy atom. The van der Waals surface area contributed by atoms with Crippen LogP contribution in [-0.2, 0) is 0 Å². The molecule has 94 valence electrons. The number of rotatable bonds is 2. The fraction of sp³-hybridized carbons (Fsp3) is 0.615. The predicted molar refractivity (Wildman–Crippen MR) is 76.4 cm³/mol. The largest absolute Gasteiger partial charge is 0.397 e. The van der Waals surface area contributed by atoms with Gasteiger partial charge in [0.05, 0.1) is 16.4 Å². The van der Waals surface area contributed by atoms with E-state index in [-0.39, 0.29) is 0 Å². The third-order valence-electron chi connectivity index (χ3n) is 3.74. The smallest absolute Gasteiger partial charge is 0.143 e. The maximum absolute atomic E-state index is 5.86. The second-order valence-electron chi connectivity index (χ2n) is 4.88. The number of hydrogen-bond acceptors (Lipinski definition) is 3. The first-order valence-corrected chi connectivity index (χ1v) is 7.04. The molecule has 3 nitrogen and oxygen atoms in total. The second kappa shape index (κ2) is 5.25. The SMILES string of the molecule is Cc1c(N)cnc(N(C)C2CCCCC2)c1Br. The molecule has 1 aliphatic carbocycles. The van der Waals surface area contributed by atoms with Crippen LogP contribution in [0.3, 0.4) is 0 Å². The predicted octanol–water partition coefficient (Wildman–Crippen LogP) is 3.50. The van der Waals surface area contributed by atoms with Gasteiger partial charge in [0.25, 0.3) is 0 Å². The minimum absolute atomic E-state index is 0.621. The molecule has 0 atom stereocenters. The highest BCUT2D eigenvalue weighted by atomic mass is 79.9. The number of nitrogens with two attached hydrogens (primary N) is 1. The van der Waals surface area contributed by atoms with Crippen molar-refractivity contribution in [2.45, 2.75) is 45.1 Å². The lowest BCUT2D eigenvalue weighted by Crippen LogP contribution is -2.34. The molecular weight excluding hydrogens is 278 g/mol. The van der Waals surface area contributed by atoms with Crippen LogP contribution in [0.15, 0.2) is 10.7 Å². The molecule has 0 aromatic carbocycles. The van der Waals surface area contributed by atoms with Crippen molar-refractivity contribution in [3.63, 3.8) is 0 Å². The molecular formula is C13H20BrN3. The van der Waals surface area contributed by atoms with Crippen molar-refractivity contribution in [2.24, 2.45) is 0 Å². The van der Waals surface area contributed by atoms with Gasteiger partial charge in [-0.25, -0.2) is 4.98 Å². The lowest BCUT2D eigenvalue weighted by Gasteiger charge is -2.33. The zero-order valence-corrected chi connectivity index (χ0v) is 12.1. The van der Waals surface area contributed by atoms with E-state index in [9.17, 15) is 0 Å². The Kier molecular flexibility index (Phi) is 3.92. The normalized spacial score (nSPS) is 17.1. The maximum Gasteiger partial charge on any atom is 0.143 e. The number of nitrogen functional groups attached to an aromatic ring is 1. The molecule has 1 aromatic rings. The van der Waals surface area contributed by atoms with Gasteiger partial charge in [-0.15, -0.1) is 0 Å². The number of pyridine rings is 1. The van der Waals surface area contributed by atoms with E-state index in [1.54, 1.807) is 6.20 Å². The van der Waals surface area contributed by atoms with E-state index in [2.05, 4.69) is 32.9 Å². The molecule has 4 heteroatoms. The van der Waals surface area contributed by atoms with Crippen LogP contribution in [0.2, 0.25) is 0 Å². The first-order chi connectivity index (χ1) is 8.11. The van der Waals surface area contributed by atoms with Gasteiger partial charge in [0, 0.05) is 13.1 Å². The van der Waals surface area contributed by atoms with E-state index in [0.29, 0.717) is 6.04 Å². The Morgan fingerprint density at radius 2 is 2.00 bits per heavy atom. The summed E-state index contributed by atoms with van der Waals surface area (Å²) >= 11 is 3.61. The Hall–Kier alpha value is -0.770. The number of nitrogens with zero attached hydrogens (tertiary/aromatic N) is 2. The quantitative estimate of drug-likeness (QED) is 0.908. The minimum atomic E-state index is 0.621. The van der Waals surface area contributed by atoms with Crippen LogP contribution >= 0.6 is 15.9 Å². The molecule has 0 radical (unpaired) electrons. The summed E-state index contributed by atoms with van der Waals surface area (Å²) in [4.78, 5) is 6.77. The van der Waals surface area contributed by atoms with Gasteiger partial charge in [0.2, 0.25) is 0 Å². The number of hydrogen-bond donors (Lipinski definition) is 1. The average Bonchev–Trinajstić information content (AvgIpc) is 2.36. The van der Waals surface area contributed by atoms with Gasteiger partial charge < -0.3 is 10.6 Å². The molecule has 2 N–H and O–H groups in total. The van der Waals surface area contributed by atoms with Gasteiger partial charge in [-0.2, -0.15) is 0 Å². The average molecular weight is 298 g/mol. The Labute approximate surface area is 112 Å². The minimum Gasteiger partial charge on any atom is -0.397 e.